The molecule has 0 aliphatic carbocycles. The summed E-state index contributed by atoms with van der Waals surface area (Å²) >= 11 is 12.2. The Labute approximate surface area is 192 Å². The van der Waals surface area contributed by atoms with E-state index in [1.165, 1.54) is 0 Å². The minimum absolute atomic E-state index is 0.380. The molecule has 0 aliphatic heterocycles. The predicted molar refractivity (Wildman–Crippen MR) is 123 cm³/mol. The summed E-state index contributed by atoms with van der Waals surface area (Å²) in [6, 6.07) is 16.3. The van der Waals surface area contributed by atoms with Gasteiger partial charge in [0.1, 0.15) is 17.5 Å². The Morgan fingerprint density at radius 3 is 2.34 bits per heavy atom. The Hall–Kier alpha value is -3.26. The number of pyridine rings is 1. The van der Waals surface area contributed by atoms with E-state index in [1.54, 1.807) is 30.5 Å². The molecule has 0 bridgehead atoms. The minimum atomic E-state index is -0.777. The van der Waals surface area contributed by atoms with Crippen LogP contribution in [0.25, 0.3) is 5.69 Å². The molecule has 0 amide bonds. The molecule has 0 aliphatic rings. The van der Waals surface area contributed by atoms with Gasteiger partial charge in [-0.15, -0.1) is 0 Å². The number of hydrogen-bond acceptors (Lipinski definition) is 5. The van der Waals surface area contributed by atoms with Crippen LogP contribution in [-0.4, -0.2) is 24.9 Å². The molecule has 1 atom stereocenters. The van der Waals surface area contributed by atoms with Crippen LogP contribution in [-0.2, 0) is 12.8 Å². The maximum atomic E-state index is 11.9. The van der Waals surface area contributed by atoms with Crippen LogP contribution in [0.1, 0.15) is 28.4 Å². The van der Waals surface area contributed by atoms with Gasteiger partial charge in [0.2, 0.25) is 0 Å². The summed E-state index contributed by atoms with van der Waals surface area (Å²) in [7, 11) is 0. The number of benzene rings is 2. The lowest BCUT2D eigenvalue weighted by Gasteiger charge is -2.12. The molecule has 32 heavy (non-hydrogen) atoms. The average molecular weight is 469 g/mol. The molecule has 0 saturated heterocycles. The highest BCUT2D eigenvalue weighted by Gasteiger charge is 2.11. The summed E-state index contributed by atoms with van der Waals surface area (Å²) < 4.78 is 1.08. The van der Waals surface area contributed by atoms with E-state index >= 15 is 0 Å². The van der Waals surface area contributed by atoms with E-state index in [0.29, 0.717) is 27.8 Å². The van der Waals surface area contributed by atoms with Gasteiger partial charge in [0.15, 0.2) is 0 Å². The van der Waals surface area contributed by atoms with Gasteiger partial charge in [0, 0.05) is 16.8 Å². The fraction of sp³-hybridized carbons (Fsp3) is 0.130. The van der Waals surface area contributed by atoms with Crippen LogP contribution < -0.4 is 11.2 Å². The smallest absolute Gasteiger partial charge is 0.349 e. The molecule has 0 saturated carbocycles. The summed E-state index contributed by atoms with van der Waals surface area (Å²) in [5.41, 5.74) is 2.73. The number of nitrogens with zero attached hydrogens (tertiary/aromatic N) is 3. The topological polar surface area (TPSA) is 101 Å². The number of aliphatic hydroxyl groups is 1. The summed E-state index contributed by atoms with van der Waals surface area (Å²) in [5, 5.41) is 15.2. The molecular weight excluding hydrogens is 451 g/mol. The lowest BCUT2D eigenvalue weighted by Crippen LogP contribution is -2.30. The average Bonchev–Trinajstić information content (AvgIpc) is 2.79. The van der Waals surface area contributed by atoms with Crippen LogP contribution in [0.3, 0.4) is 0 Å². The predicted octanol–water partition coefficient (Wildman–Crippen LogP) is 3.49. The standard InChI is InChI=1S/C23H18Cl2N4O3/c24-19-11-18(29-23(32)28-21(30)13-27-29)9-7-15(19)4-1-14-2-5-16(6-3-14)22(31)17-8-10-20(25)26-12-17/h2-3,5-13,22,31H,1,4H2,(H,28,30,32). The van der Waals surface area contributed by atoms with Crippen molar-refractivity contribution in [2.75, 3.05) is 0 Å². The molecule has 9 heteroatoms. The first-order chi connectivity index (χ1) is 15.4. The Kier molecular flexibility index (Phi) is 6.50. The maximum Gasteiger partial charge on any atom is 0.349 e. The lowest BCUT2D eigenvalue weighted by molar-refractivity contribution is 0.220. The van der Waals surface area contributed by atoms with Crippen molar-refractivity contribution in [3.63, 3.8) is 0 Å². The van der Waals surface area contributed by atoms with Crippen molar-refractivity contribution >= 4 is 23.2 Å². The van der Waals surface area contributed by atoms with E-state index in [9.17, 15) is 14.7 Å². The van der Waals surface area contributed by atoms with E-state index in [-0.39, 0.29) is 0 Å². The molecule has 0 spiro atoms. The Morgan fingerprint density at radius 1 is 0.938 bits per heavy atom. The molecule has 7 nitrogen and oxygen atoms in total. The first kappa shape index (κ1) is 22.0. The Balaban J connectivity index is 1.44. The van der Waals surface area contributed by atoms with Crippen molar-refractivity contribution < 1.29 is 5.11 Å². The number of nitrogens with one attached hydrogen (secondary N) is 1. The molecule has 2 heterocycles. The normalized spacial score (nSPS) is 12.0. The van der Waals surface area contributed by atoms with E-state index in [0.717, 1.165) is 34.0 Å². The van der Waals surface area contributed by atoms with E-state index in [1.807, 2.05) is 30.3 Å². The Morgan fingerprint density at radius 2 is 1.69 bits per heavy atom. The largest absolute Gasteiger partial charge is 0.384 e. The first-order valence-electron chi connectivity index (χ1n) is 9.76. The summed E-state index contributed by atoms with van der Waals surface area (Å²) in [6.07, 6.45) is 3.25. The number of aliphatic hydroxyl groups excluding tert-OH is 1. The lowest BCUT2D eigenvalue weighted by atomic mass is 9.99. The van der Waals surface area contributed by atoms with Crippen molar-refractivity contribution in [2.24, 2.45) is 0 Å². The maximum absolute atomic E-state index is 11.9. The van der Waals surface area contributed by atoms with Gasteiger partial charge in [-0.2, -0.15) is 9.78 Å². The second-order valence-corrected chi connectivity index (χ2v) is 7.98. The zero-order valence-electron chi connectivity index (χ0n) is 16.7. The SMILES string of the molecule is O=c1cnn(-c2ccc(CCc3ccc(C(O)c4ccc(Cl)nc4)cc3)c(Cl)c2)c(=O)[nH]1. The van der Waals surface area contributed by atoms with E-state index < -0.39 is 17.4 Å². The second-order valence-electron chi connectivity index (χ2n) is 7.18. The number of rotatable bonds is 6. The summed E-state index contributed by atoms with van der Waals surface area (Å²) in [6.45, 7) is 0. The number of aryl methyl sites for hydroxylation is 2. The molecule has 0 radical (unpaired) electrons. The fourth-order valence-corrected chi connectivity index (χ4v) is 3.68. The van der Waals surface area contributed by atoms with Crippen LogP contribution >= 0.6 is 23.2 Å². The van der Waals surface area contributed by atoms with Crippen LogP contribution in [0.15, 0.2) is 76.6 Å². The third-order valence-corrected chi connectivity index (χ3v) is 5.61. The van der Waals surface area contributed by atoms with Crippen LogP contribution in [0.4, 0.5) is 0 Å². The zero-order valence-corrected chi connectivity index (χ0v) is 18.2. The van der Waals surface area contributed by atoms with Gasteiger partial charge in [0.25, 0.3) is 5.56 Å². The molecule has 2 aromatic carbocycles. The van der Waals surface area contributed by atoms with Gasteiger partial charge in [-0.1, -0.05) is 59.6 Å². The first-order valence-corrected chi connectivity index (χ1v) is 10.5. The van der Waals surface area contributed by atoms with Gasteiger partial charge in [-0.25, -0.2) is 9.78 Å². The van der Waals surface area contributed by atoms with Gasteiger partial charge in [-0.05, 0) is 47.7 Å². The van der Waals surface area contributed by atoms with Gasteiger partial charge >= 0.3 is 5.69 Å². The van der Waals surface area contributed by atoms with E-state index in [2.05, 4.69) is 15.1 Å². The van der Waals surface area contributed by atoms with E-state index in [4.69, 9.17) is 23.2 Å². The van der Waals surface area contributed by atoms with Crippen molar-refractivity contribution in [1.29, 1.82) is 0 Å². The molecule has 162 valence electrons. The summed E-state index contributed by atoms with van der Waals surface area (Å²) in [4.78, 5) is 29.2. The monoisotopic (exact) mass is 468 g/mol. The van der Waals surface area contributed by atoms with Crippen LogP contribution in [0, 0.1) is 0 Å². The molecule has 2 N–H and O–H groups in total. The minimum Gasteiger partial charge on any atom is -0.384 e. The second kappa shape index (κ2) is 9.48. The van der Waals surface area contributed by atoms with Crippen molar-refractivity contribution in [3.05, 3.63) is 120 Å². The van der Waals surface area contributed by atoms with Crippen LogP contribution in [0.2, 0.25) is 10.2 Å². The van der Waals surface area contributed by atoms with Crippen molar-refractivity contribution in [3.8, 4) is 5.69 Å². The van der Waals surface area contributed by atoms with Crippen molar-refractivity contribution in [1.82, 2.24) is 19.7 Å². The molecule has 4 rings (SSSR count). The number of halogens is 2. The van der Waals surface area contributed by atoms with Gasteiger partial charge < -0.3 is 5.11 Å². The highest BCUT2D eigenvalue weighted by Crippen LogP contribution is 2.24. The van der Waals surface area contributed by atoms with Gasteiger partial charge in [-0.3, -0.25) is 9.78 Å². The number of aromatic amines is 1. The highest BCUT2D eigenvalue weighted by molar-refractivity contribution is 6.31. The molecular formula is C23H18Cl2N4O3. The molecule has 0 fully saturated rings. The number of aromatic nitrogens is 4. The Bertz CT molecular complexity index is 1350. The molecule has 4 aromatic rings. The molecule has 2 aromatic heterocycles. The fourth-order valence-electron chi connectivity index (χ4n) is 3.29. The summed E-state index contributed by atoms with van der Waals surface area (Å²) in [5.74, 6) is 0. The molecule has 1 unspecified atom stereocenters. The van der Waals surface area contributed by atoms with Crippen molar-refractivity contribution in [2.45, 2.75) is 18.9 Å². The third-order valence-electron chi connectivity index (χ3n) is 5.04. The number of H-pyrrole nitrogens is 1. The quantitative estimate of drug-likeness (QED) is 0.421. The third kappa shape index (κ3) is 4.96. The highest BCUT2D eigenvalue weighted by atomic mass is 35.5. The van der Waals surface area contributed by atoms with Gasteiger partial charge in [0.05, 0.1) is 5.69 Å². The number of hydrogen-bond donors (Lipinski definition) is 2. The zero-order chi connectivity index (χ0) is 22.7. The van der Waals surface area contributed by atoms with Crippen LogP contribution in [0.5, 0.6) is 0 Å².